The Morgan fingerprint density at radius 3 is 2.67 bits per heavy atom. The molecule has 5 heteroatoms. The molecule has 0 aliphatic rings. The third-order valence-electron chi connectivity index (χ3n) is 2.01. The smallest absolute Gasteiger partial charge is 0.171 e. The highest BCUT2D eigenvalue weighted by Gasteiger charge is 2.17. The Balaban J connectivity index is 3.11. The van der Waals surface area contributed by atoms with E-state index in [2.05, 4.69) is 10.1 Å². The monoisotopic (exact) mass is 217 g/mol. The highest BCUT2D eigenvalue weighted by molar-refractivity contribution is 5.33. The van der Waals surface area contributed by atoms with Crippen LogP contribution in [0.25, 0.3) is 0 Å². The molecule has 1 rings (SSSR count). The van der Waals surface area contributed by atoms with Gasteiger partial charge in [-0.05, 0) is 13.1 Å². The van der Waals surface area contributed by atoms with Crippen molar-refractivity contribution in [3.8, 4) is 5.75 Å². The molecule has 1 unspecified atom stereocenters. The van der Waals surface area contributed by atoms with Crippen LogP contribution in [0.2, 0.25) is 0 Å². The Labute approximate surface area is 86.7 Å². The van der Waals surface area contributed by atoms with Gasteiger partial charge < -0.3 is 15.2 Å². The Hall–Kier alpha value is -1.20. The van der Waals surface area contributed by atoms with E-state index in [1.165, 1.54) is 7.11 Å². The van der Waals surface area contributed by atoms with Crippen LogP contribution >= 0.6 is 0 Å². The minimum Gasteiger partial charge on any atom is -0.494 e. The molecule has 0 fully saturated rings. The molecule has 0 aromatic heterocycles. The first-order valence-corrected chi connectivity index (χ1v) is 4.45. The molecule has 1 atom stereocenters. The fourth-order valence-electron chi connectivity index (χ4n) is 1.28. The summed E-state index contributed by atoms with van der Waals surface area (Å²) >= 11 is 0. The zero-order chi connectivity index (χ0) is 11.4. The van der Waals surface area contributed by atoms with Gasteiger partial charge in [0.05, 0.1) is 13.2 Å². The van der Waals surface area contributed by atoms with Crippen molar-refractivity contribution in [1.29, 1.82) is 0 Å². The average molecular weight is 217 g/mol. The predicted octanol–water partition coefficient (Wildman–Crippen LogP) is 1.23. The second-order valence-electron chi connectivity index (χ2n) is 3.08. The number of hydrogen-bond donors (Lipinski definition) is 2. The van der Waals surface area contributed by atoms with Crippen molar-refractivity contribution in [2.24, 2.45) is 0 Å². The van der Waals surface area contributed by atoms with Crippen LogP contribution in [0.15, 0.2) is 12.1 Å². The largest absolute Gasteiger partial charge is 0.494 e. The lowest BCUT2D eigenvalue weighted by Crippen LogP contribution is -2.18. The standard InChI is InChI=1S/C10H13F2NO2/c1-13-5-8(14)7-3-6(11)4-9(15-2)10(7)12/h3-4,8,13-14H,5H2,1-2H3. The van der Waals surface area contributed by atoms with E-state index in [0.717, 1.165) is 12.1 Å². The van der Waals surface area contributed by atoms with Crippen LogP contribution in [0.5, 0.6) is 5.75 Å². The molecule has 1 aromatic carbocycles. The maximum Gasteiger partial charge on any atom is 0.171 e. The molecule has 0 aliphatic heterocycles. The van der Waals surface area contributed by atoms with Gasteiger partial charge in [0.15, 0.2) is 11.6 Å². The van der Waals surface area contributed by atoms with E-state index in [9.17, 15) is 13.9 Å². The Kier molecular flexibility index (Phi) is 3.99. The van der Waals surface area contributed by atoms with Gasteiger partial charge in [-0.25, -0.2) is 8.78 Å². The summed E-state index contributed by atoms with van der Waals surface area (Å²) in [6, 6.07) is 1.89. The van der Waals surface area contributed by atoms with Crippen LogP contribution in [0.3, 0.4) is 0 Å². The third-order valence-corrected chi connectivity index (χ3v) is 2.01. The summed E-state index contributed by atoms with van der Waals surface area (Å²) in [4.78, 5) is 0. The number of rotatable bonds is 4. The summed E-state index contributed by atoms with van der Waals surface area (Å²) in [5.74, 6) is -1.58. The highest BCUT2D eigenvalue weighted by Crippen LogP contribution is 2.26. The number of methoxy groups -OCH3 is 1. The number of halogens is 2. The van der Waals surface area contributed by atoms with Crippen molar-refractivity contribution < 1.29 is 18.6 Å². The van der Waals surface area contributed by atoms with Gasteiger partial charge in [0, 0.05) is 18.2 Å². The molecule has 84 valence electrons. The SMILES string of the molecule is CNCC(O)c1cc(F)cc(OC)c1F. The van der Waals surface area contributed by atoms with Gasteiger partial charge in [0.2, 0.25) is 0 Å². The van der Waals surface area contributed by atoms with Crippen molar-refractivity contribution >= 4 is 0 Å². The third kappa shape index (κ3) is 2.64. The minimum absolute atomic E-state index is 0.110. The second kappa shape index (κ2) is 5.04. The minimum atomic E-state index is -1.10. The molecule has 0 bridgehead atoms. The van der Waals surface area contributed by atoms with Gasteiger partial charge in [-0.15, -0.1) is 0 Å². The maximum atomic E-state index is 13.5. The molecule has 0 radical (unpaired) electrons. The summed E-state index contributed by atoms with van der Waals surface area (Å²) < 4.78 is 31.2. The second-order valence-corrected chi connectivity index (χ2v) is 3.08. The van der Waals surface area contributed by atoms with Gasteiger partial charge in [-0.3, -0.25) is 0 Å². The highest BCUT2D eigenvalue weighted by atomic mass is 19.1. The molecule has 1 aromatic rings. The fourth-order valence-corrected chi connectivity index (χ4v) is 1.28. The Morgan fingerprint density at radius 2 is 2.13 bits per heavy atom. The van der Waals surface area contributed by atoms with Crippen molar-refractivity contribution in [3.63, 3.8) is 0 Å². The van der Waals surface area contributed by atoms with Gasteiger partial charge in [-0.1, -0.05) is 0 Å². The van der Waals surface area contributed by atoms with E-state index in [0.29, 0.717) is 0 Å². The van der Waals surface area contributed by atoms with E-state index < -0.39 is 17.7 Å². The summed E-state index contributed by atoms with van der Waals surface area (Å²) in [5.41, 5.74) is -0.110. The van der Waals surface area contributed by atoms with Crippen LogP contribution in [0.4, 0.5) is 8.78 Å². The summed E-state index contributed by atoms with van der Waals surface area (Å²) in [6.07, 6.45) is -1.10. The number of hydrogen-bond acceptors (Lipinski definition) is 3. The molecular weight excluding hydrogens is 204 g/mol. The molecule has 0 saturated carbocycles. The predicted molar refractivity (Wildman–Crippen MR) is 51.8 cm³/mol. The zero-order valence-corrected chi connectivity index (χ0v) is 8.55. The zero-order valence-electron chi connectivity index (χ0n) is 8.55. The van der Waals surface area contributed by atoms with Crippen LogP contribution in [-0.4, -0.2) is 25.8 Å². The first-order chi connectivity index (χ1) is 7.10. The number of likely N-dealkylation sites (N-methyl/N-ethyl adjacent to an activating group) is 1. The topological polar surface area (TPSA) is 41.5 Å². The maximum absolute atomic E-state index is 13.5. The molecular formula is C10H13F2NO2. The normalized spacial score (nSPS) is 12.6. The van der Waals surface area contributed by atoms with Crippen LogP contribution in [0.1, 0.15) is 11.7 Å². The average Bonchev–Trinajstić information content (AvgIpc) is 2.21. The number of aliphatic hydroxyl groups excluding tert-OH is 1. The lowest BCUT2D eigenvalue weighted by molar-refractivity contribution is 0.171. The number of ether oxygens (including phenoxy) is 1. The van der Waals surface area contributed by atoms with Crippen molar-refractivity contribution in [2.45, 2.75) is 6.10 Å². The molecule has 0 saturated heterocycles. The molecule has 3 nitrogen and oxygen atoms in total. The Morgan fingerprint density at radius 1 is 1.47 bits per heavy atom. The molecule has 0 amide bonds. The van der Waals surface area contributed by atoms with E-state index in [1.807, 2.05) is 0 Å². The summed E-state index contributed by atoms with van der Waals surface area (Å²) in [5, 5.41) is 12.2. The number of aliphatic hydroxyl groups is 1. The van der Waals surface area contributed by atoms with E-state index in [-0.39, 0.29) is 17.9 Å². The fraction of sp³-hybridized carbons (Fsp3) is 0.400. The summed E-state index contributed by atoms with van der Waals surface area (Å²) in [7, 11) is 2.85. The lowest BCUT2D eigenvalue weighted by atomic mass is 10.1. The quantitative estimate of drug-likeness (QED) is 0.797. The van der Waals surface area contributed by atoms with Crippen LogP contribution in [-0.2, 0) is 0 Å². The number of benzene rings is 1. The first-order valence-electron chi connectivity index (χ1n) is 4.45. The molecule has 2 N–H and O–H groups in total. The number of nitrogens with one attached hydrogen (secondary N) is 1. The summed E-state index contributed by atoms with van der Waals surface area (Å²) in [6.45, 7) is 0.142. The molecule has 15 heavy (non-hydrogen) atoms. The van der Waals surface area contributed by atoms with Gasteiger partial charge >= 0.3 is 0 Å². The van der Waals surface area contributed by atoms with E-state index >= 15 is 0 Å². The van der Waals surface area contributed by atoms with Crippen molar-refractivity contribution in [3.05, 3.63) is 29.3 Å². The van der Waals surface area contributed by atoms with Crippen molar-refractivity contribution in [1.82, 2.24) is 5.32 Å². The lowest BCUT2D eigenvalue weighted by Gasteiger charge is -2.13. The Bertz CT molecular complexity index is 344. The molecule has 0 aliphatic carbocycles. The molecule has 0 heterocycles. The van der Waals surface area contributed by atoms with Crippen LogP contribution in [0, 0.1) is 11.6 Å². The van der Waals surface area contributed by atoms with E-state index in [1.54, 1.807) is 7.05 Å². The van der Waals surface area contributed by atoms with E-state index in [4.69, 9.17) is 0 Å². The van der Waals surface area contributed by atoms with Crippen molar-refractivity contribution in [2.75, 3.05) is 20.7 Å². The van der Waals surface area contributed by atoms with Gasteiger partial charge in [-0.2, -0.15) is 0 Å². The van der Waals surface area contributed by atoms with Crippen LogP contribution < -0.4 is 10.1 Å². The first kappa shape index (κ1) is 11.9. The van der Waals surface area contributed by atoms with Gasteiger partial charge in [0.1, 0.15) is 5.82 Å². The molecule has 0 spiro atoms. The van der Waals surface area contributed by atoms with Gasteiger partial charge in [0.25, 0.3) is 0 Å².